The van der Waals surface area contributed by atoms with Gasteiger partial charge in [-0.2, -0.15) is 0 Å². The molecule has 1 fully saturated rings. The molecular weight excluding hydrogens is 260 g/mol. The Morgan fingerprint density at radius 3 is 2.72 bits per heavy atom. The van der Waals surface area contributed by atoms with Gasteiger partial charge in [-0.25, -0.2) is 0 Å². The van der Waals surface area contributed by atoms with Crippen LogP contribution in [0.15, 0.2) is 5.11 Å². The number of rotatable bonds is 4. The van der Waals surface area contributed by atoms with E-state index in [1.165, 1.54) is 0 Å². The van der Waals surface area contributed by atoms with Gasteiger partial charge < -0.3 is 4.74 Å². The van der Waals surface area contributed by atoms with Crippen molar-refractivity contribution in [2.45, 2.75) is 51.3 Å². The second-order valence-corrected chi connectivity index (χ2v) is 5.36. The monoisotopic (exact) mass is 274 g/mol. The summed E-state index contributed by atoms with van der Waals surface area (Å²) in [6.45, 7) is 5.32. The van der Waals surface area contributed by atoms with Gasteiger partial charge in [0.05, 0.1) is 6.04 Å². The number of ether oxygens (including phenoxy) is 1. The Kier molecular flexibility index (Phi) is 4.43. The van der Waals surface area contributed by atoms with E-state index in [1.54, 1.807) is 20.8 Å². The summed E-state index contributed by atoms with van der Waals surface area (Å²) in [5.74, 6) is -0.810. The summed E-state index contributed by atoms with van der Waals surface area (Å²) in [5.41, 5.74) is 7.76. The highest BCUT2D eigenvalue weighted by molar-refractivity contribution is 6.25. The molecule has 1 aliphatic rings. The van der Waals surface area contributed by atoms with Crippen molar-refractivity contribution >= 4 is 23.7 Å². The minimum atomic E-state index is -0.810. The van der Waals surface area contributed by atoms with Gasteiger partial charge >= 0.3 is 5.97 Å². The Bertz CT molecular complexity index is 400. The van der Waals surface area contributed by atoms with E-state index in [0.29, 0.717) is 6.42 Å². The molecule has 100 valence electrons. The summed E-state index contributed by atoms with van der Waals surface area (Å²) in [6, 6.07) is -1.25. The number of hydrogen-bond acceptors (Lipinski definition) is 4. The first kappa shape index (κ1) is 14.6. The van der Waals surface area contributed by atoms with Gasteiger partial charge in [0.1, 0.15) is 11.6 Å². The summed E-state index contributed by atoms with van der Waals surface area (Å²) < 4.78 is 6.09. The number of hydrogen-bond donors (Lipinski definition) is 0. The first-order valence-corrected chi connectivity index (χ1v) is 5.85. The van der Waals surface area contributed by atoms with Crippen LogP contribution in [-0.2, 0) is 14.3 Å². The third kappa shape index (κ3) is 3.51. The Morgan fingerprint density at radius 2 is 2.22 bits per heavy atom. The van der Waals surface area contributed by atoms with E-state index in [4.69, 9.17) is 22.0 Å². The van der Waals surface area contributed by atoms with E-state index in [1.807, 2.05) is 0 Å². The summed E-state index contributed by atoms with van der Waals surface area (Å²) in [5, 5.41) is 3.35. The van der Waals surface area contributed by atoms with Crippen molar-refractivity contribution < 1.29 is 14.3 Å². The molecule has 18 heavy (non-hydrogen) atoms. The number of carbonyl (C=O) groups excluding carboxylic acids is 2. The first-order chi connectivity index (χ1) is 8.26. The maximum absolute atomic E-state index is 11.5. The second kappa shape index (κ2) is 5.46. The maximum Gasteiger partial charge on any atom is 0.306 e. The van der Waals surface area contributed by atoms with Crippen LogP contribution in [0.1, 0.15) is 33.6 Å². The quantitative estimate of drug-likeness (QED) is 0.196. The van der Waals surface area contributed by atoms with Gasteiger partial charge in [-0.05, 0) is 32.7 Å². The normalized spacial score (nSPS) is 23.1. The van der Waals surface area contributed by atoms with E-state index in [-0.39, 0.29) is 12.4 Å². The predicted octanol–water partition coefficient (Wildman–Crippen LogP) is 2.15. The molecule has 0 spiro atoms. The van der Waals surface area contributed by atoms with Crippen molar-refractivity contribution in [1.82, 2.24) is 4.42 Å². The Labute approximate surface area is 110 Å². The van der Waals surface area contributed by atoms with Crippen LogP contribution >= 0.6 is 11.8 Å². The van der Waals surface area contributed by atoms with Gasteiger partial charge in [-0.15, -0.1) is 0 Å². The molecule has 7 nitrogen and oxygen atoms in total. The fourth-order valence-corrected chi connectivity index (χ4v) is 1.91. The summed E-state index contributed by atoms with van der Waals surface area (Å²) in [6.07, 6.45) is 0.434. The van der Waals surface area contributed by atoms with Gasteiger partial charge in [0.25, 0.3) is 0 Å². The molecule has 1 rings (SSSR count). The highest BCUT2D eigenvalue weighted by Crippen LogP contribution is 2.29. The Morgan fingerprint density at radius 1 is 1.61 bits per heavy atom. The molecule has 8 heteroatoms. The summed E-state index contributed by atoms with van der Waals surface area (Å²) in [4.78, 5) is 25.3. The van der Waals surface area contributed by atoms with Crippen LogP contribution in [0.5, 0.6) is 0 Å². The number of β-lactam (4-membered cyclic amide) rings is 1. The number of esters is 1. The molecular formula is C10H15ClN4O3. The van der Waals surface area contributed by atoms with Gasteiger partial charge in [0, 0.05) is 23.1 Å². The van der Waals surface area contributed by atoms with E-state index in [0.717, 1.165) is 4.42 Å². The third-order valence-electron chi connectivity index (χ3n) is 2.36. The summed E-state index contributed by atoms with van der Waals surface area (Å²) >= 11 is 5.66. The number of carbonyl (C=O) groups is 2. The molecule has 0 aliphatic carbocycles. The predicted molar refractivity (Wildman–Crippen MR) is 64.5 cm³/mol. The zero-order valence-electron chi connectivity index (χ0n) is 10.5. The Balaban J connectivity index is 2.46. The Hall–Kier alpha value is -1.46. The van der Waals surface area contributed by atoms with Crippen molar-refractivity contribution in [3.05, 3.63) is 10.4 Å². The van der Waals surface area contributed by atoms with Crippen molar-refractivity contribution in [2.75, 3.05) is 0 Å². The minimum absolute atomic E-state index is 0.121. The van der Waals surface area contributed by atoms with Crippen molar-refractivity contribution in [1.29, 1.82) is 0 Å². The highest BCUT2D eigenvalue weighted by atomic mass is 35.5. The van der Waals surface area contributed by atoms with E-state index in [2.05, 4.69) is 10.0 Å². The van der Waals surface area contributed by atoms with Crippen molar-refractivity contribution in [2.24, 2.45) is 5.11 Å². The van der Waals surface area contributed by atoms with E-state index >= 15 is 0 Å². The molecule has 1 amide bonds. The smallest absolute Gasteiger partial charge is 0.306 e. The molecule has 2 atom stereocenters. The standard InChI is InChI=1S/C10H15ClN4O3/c1-10(2,3)18-7(16)5-4-6-8(13-14-12)9(17)15(6)11/h6,8H,4-5H2,1-3H3/t6-,8-/m1/s1. The van der Waals surface area contributed by atoms with Gasteiger partial charge in [0.2, 0.25) is 5.91 Å². The van der Waals surface area contributed by atoms with E-state index < -0.39 is 23.6 Å². The van der Waals surface area contributed by atoms with Crippen LogP contribution in [0, 0.1) is 0 Å². The van der Waals surface area contributed by atoms with Crippen LogP contribution in [0.25, 0.3) is 10.4 Å². The number of halogens is 1. The van der Waals surface area contributed by atoms with Crippen LogP contribution in [0.4, 0.5) is 0 Å². The molecule has 1 aliphatic heterocycles. The number of nitrogens with zero attached hydrogens (tertiary/aromatic N) is 4. The van der Waals surface area contributed by atoms with Crippen LogP contribution < -0.4 is 0 Å². The molecule has 0 aromatic heterocycles. The van der Waals surface area contributed by atoms with E-state index in [9.17, 15) is 9.59 Å². The fourth-order valence-electron chi connectivity index (χ4n) is 1.61. The molecule has 1 heterocycles. The molecule has 0 aromatic carbocycles. The van der Waals surface area contributed by atoms with Crippen LogP contribution in [-0.4, -0.2) is 34.0 Å². The topological polar surface area (TPSA) is 95.4 Å². The SMILES string of the molecule is CC(C)(C)OC(=O)CC[C@@H]1[C@@H](N=[N+]=[N-])C(=O)N1Cl. The number of amides is 1. The lowest BCUT2D eigenvalue weighted by atomic mass is 9.95. The molecule has 0 saturated carbocycles. The molecule has 0 aromatic rings. The average molecular weight is 275 g/mol. The summed E-state index contributed by atoms with van der Waals surface area (Å²) in [7, 11) is 0. The largest absolute Gasteiger partial charge is 0.460 e. The molecule has 0 bridgehead atoms. The lowest BCUT2D eigenvalue weighted by molar-refractivity contribution is -0.156. The van der Waals surface area contributed by atoms with Gasteiger partial charge in [-0.1, -0.05) is 5.11 Å². The molecule has 1 saturated heterocycles. The van der Waals surface area contributed by atoms with Gasteiger partial charge in [-0.3, -0.25) is 14.0 Å². The lowest BCUT2D eigenvalue weighted by Gasteiger charge is -2.39. The minimum Gasteiger partial charge on any atom is -0.460 e. The fraction of sp³-hybridized carbons (Fsp3) is 0.800. The van der Waals surface area contributed by atoms with Crippen molar-refractivity contribution in [3.63, 3.8) is 0 Å². The molecule has 0 radical (unpaired) electrons. The molecule has 0 N–H and O–H groups in total. The third-order valence-corrected chi connectivity index (χ3v) is 2.78. The zero-order valence-corrected chi connectivity index (χ0v) is 11.2. The van der Waals surface area contributed by atoms with Crippen LogP contribution in [0.2, 0.25) is 0 Å². The zero-order chi connectivity index (χ0) is 13.9. The van der Waals surface area contributed by atoms with Crippen LogP contribution in [0.3, 0.4) is 0 Å². The lowest BCUT2D eigenvalue weighted by Crippen LogP contribution is -2.59. The number of azide groups is 1. The van der Waals surface area contributed by atoms with Gasteiger partial charge in [0.15, 0.2) is 0 Å². The first-order valence-electron chi connectivity index (χ1n) is 5.51. The molecule has 0 unspecified atom stereocenters. The van der Waals surface area contributed by atoms with Crippen molar-refractivity contribution in [3.8, 4) is 0 Å². The average Bonchev–Trinajstić information content (AvgIpc) is 2.25. The second-order valence-electron chi connectivity index (χ2n) is 4.99. The highest BCUT2D eigenvalue weighted by Gasteiger charge is 2.46. The maximum atomic E-state index is 11.5.